The van der Waals surface area contributed by atoms with Crippen LogP contribution in [0.2, 0.25) is 0 Å². The van der Waals surface area contributed by atoms with E-state index in [-0.39, 0.29) is 116 Å². The molecule has 0 aliphatic rings. The molecule has 0 fully saturated rings. The summed E-state index contributed by atoms with van der Waals surface area (Å²) in [6.07, 6.45) is 10.8. The van der Waals surface area contributed by atoms with Crippen LogP contribution in [0.4, 0.5) is 0 Å². The van der Waals surface area contributed by atoms with Crippen molar-refractivity contribution in [2.24, 2.45) is 5.73 Å². The fraction of sp³-hybridized carbons (Fsp3) is 0.429. The third kappa shape index (κ3) is 182. The van der Waals surface area contributed by atoms with Crippen molar-refractivity contribution in [3.63, 3.8) is 0 Å². The second kappa shape index (κ2) is 77.3. The van der Waals surface area contributed by atoms with Crippen LogP contribution in [-0.4, -0.2) is 30.0 Å². The van der Waals surface area contributed by atoms with Gasteiger partial charge >= 0.3 is 0 Å². The number of carbonyl (C=O) groups is 3. The summed E-state index contributed by atoms with van der Waals surface area (Å²) in [6.45, 7) is 26.0. The molecule has 0 rings (SSSR count). The summed E-state index contributed by atoms with van der Waals surface area (Å²) >= 11 is 0. The Morgan fingerprint density at radius 3 is 1.29 bits per heavy atom. The van der Waals surface area contributed by atoms with E-state index in [0.717, 1.165) is 6.42 Å². The standard InChI is InChI=1S/C4H8NO2.2C4H8NO.3C3H5.3Y/c1-2-3-4(6)5-7;1-2-3-5-4-6;1-2-3-4(5)6;3*1-3-2;;;/h7H,1-3H2,(H,5,6);4H,1-3H2,(H,5,6);1-3H2,(H2,5,6);3*1H2,2H3;;;/q6*-1;;;. The maximum Gasteiger partial charge on any atom is 0.240 e. The van der Waals surface area contributed by atoms with Crippen LogP contribution in [0, 0.1) is 39.0 Å². The fourth-order valence-electron chi connectivity index (χ4n) is 0.552. The van der Waals surface area contributed by atoms with Crippen molar-refractivity contribution in [2.75, 3.05) is 6.54 Å². The van der Waals surface area contributed by atoms with Crippen molar-refractivity contribution < 1.29 is 118 Å². The van der Waals surface area contributed by atoms with Crippen LogP contribution in [0.3, 0.4) is 0 Å². The largest absolute Gasteiger partial charge is 0.507 e. The Morgan fingerprint density at radius 1 is 0.903 bits per heavy atom. The minimum Gasteiger partial charge on any atom is -0.507 e. The van der Waals surface area contributed by atoms with Gasteiger partial charge in [0.15, 0.2) is 0 Å². The number of hydrogen-bond donors (Lipinski definition) is 4. The Balaban J connectivity index is -0.0000000272. The zero-order chi connectivity index (χ0) is 23.6. The third-order valence-corrected chi connectivity index (χ3v) is 1.36. The molecule has 0 saturated heterocycles. The zero-order valence-corrected chi connectivity index (χ0v) is 28.1. The normalized spacial score (nSPS) is 6.16. The number of hydroxylamine groups is 1. The monoisotopic (exact) mass is 664 g/mol. The van der Waals surface area contributed by atoms with Gasteiger partial charge in [-0.2, -0.15) is 40.0 Å². The van der Waals surface area contributed by atoms with Gasteiger partial charge in [-0.25, -0.2) is 5.48 Å². The molecule has 3 amide bonds. The number of hydrogen-bond acceptors (Lipinski definition) is 4. The topological polar surface area (TPSA) is 122 Å². The van der Waals surface area contributed by atoms with E-state index in [0.29, 0.717) is 32.2 Å². The molecule has 3 radical (unpaired) electrons. The first-order valence-electron chi connectivity index (χ1n) is 8.32. The summed E-state index contributed by atoms with van der Waals surface area (Å²) in [6, 6.07) is 0. The fourth-order valence-corrected chi connectivity index (χ4v) is 0.552. The first-order chi connectivity index (χ1) is 13.2. The van der Waals surface area contributed by atoms with Gasteiger partial charge in [-0.15, -0.1) is 0 Å². The van der Waals surface area contributed by atoms with E-state index in [1.165, 1.54) is 5.48 Å². The molecule has 0 aromatic carbocycles. The SMILES string of the molecule is C=[C-]C.C=[C-]C.C=[C-]C.[CH2-]CCC(=O)NO.[CH2-]CCC(N)=O.[CH2-]CCNC=O.[Y].[Y].[Y]. The number of carbonyl (C=O) groups excluding carboxylic acids is 3. The molecule has 0 aromatic rings. The first-order valence-corrected chi connectivity index (χ1v) is 8.32. The quantitative estimate of drug-likeness (QED) is 0.110. The van der Waals surface area contributed by atoms with Crippen molar-refractivity contribution in [3.05, 3.63) is 58.7 Å². The van der Waals surface area contributed by atoms with E-state index in [9.17, 15) is 14.4 Å². The summed E-state index contributed by atoms with van der Waals surface area (Å²) < 4.78 is 0. The van der Waals surface area contributed by atoms with Gasteiger partial charge in [0.1, 0.15) is 0 Å². The minimum atomic E-state index is -0.380. The number of primary amides is 1. The van der Waals surface area contributed by atoms with Crippen molar-refractivity contribution in [2.45, 2.75) is 52.9 Å². The maximum atomic E-state index is 10.0. The molecular weight excluding hydrogens is 625 g/mol. The summed E-state index contributed by atoms with van der Waals surface area (Å²) in [5.74, 6) is -0.653. The van der Waals surface area contributed by atoms with Crippen molar-refractivity contribution in [3.8, 4) is 0 Å². The smallest absolute Gasteiger partial charge is 0.240 e. The maximum absolute atomic E-state index is 10.0. The Labute approximate surface area is 267 Å². The molecule has 0 aromatic heterocycles. The van der Waals surface area contributed by atoms with E-state index in [2.05, 4.69) is 64.1 Å². The van der Waals surface area contributed by atoms with E-state index >= 15 is 0 Å². The third-order valence-electron chi connectivity index (χ3n) is 1.36. The number of amides is 3. The molecule has 0 unspecified atom stereocenters. The van der Waals surface area contributed by atoms with Gasteiger partial charge in [0.25, 0.3) is 0 Å². The van der Waals surface area contributed by atoms with Gasteiger partial charge in [0.05, 0.1) is 0 Å². The van der Waals surface area contributed by atoms with Gasteiger partial charge < -0.3 is 50.0 Å². The van der Waals surface area contributed by atoms with Gasteiger partial charge in [-0.3, -0.25) is 39.3 Å². The summed E-state index contributed by atoms with van der Waals surface area (Å²) in [5.41, 5.74) is 6.21. The molecule has 0 aliphatic heterocycles. The molecule has 0 aliphatic carbocycles. The Hall–Kier alpha value is 0.902. The first kappa shape index (κ1) is 58.1. The van der Waals surface area contributed by atoms with Crippen LogP contribution in [-0.2, 0) is 113 Å². The van der Waals surface area contributed by atoms with Crippen LogP contribution >= 0.6 is 0 Å². The van der Waals surface area contributed by atoms with Crippen LogP contribution in [0.15, 0.2) is 19.7 Å². The van der Waals surface area contributed by atoms with Gasteiger partial charge in [0.2, 0.25) is 18.2 Å². The molecule has 0 heterocycles. The number of allylic oxidation sites excluding steroid dienone is 3. The molecule has 0 bridgehead atoms. The molecule has 0 spiro atoms. The minimum absolute atomic E-state index is 0. The Bertz CT molecular complexity index is 334. The van der Waals surface area contributed by atoms with Crippen molar-refractivity contribution in [1.82, 2.24) is 10.8 Å². The Kier molecular flexibility index (Phi) is 145. The van der Waals surface area contributed by atoms with Crippen molar-refractivity contribution >= 4 is 18.2 Å². The molecule has 7 nitrogen and oxygen atoms in total. The average Bonchev–Trinajstić information content (AvgIpc) is 2.63. The number of nitrogens with one attached hydrogen (secondary N) is 2. The summed E-state index contributed by atoms with van der Waals surface area (Å²) in [4.78, 5) is 29.2. The van der Waals surface area contributed by atoms with Crippen LogP contribution in [0.1, 0.15) is 52.9 Å². The predicted octanol–water partition coefficient (Wildman–Crippen LogP) is 3.13. The van der Waals surface area contributed by atoms with Gasteiger partial charge in [-0.1, -0.05) is 0 Å². The van der Waals surface area contributed by atoms with E-state index in [1.807, 2.05) is 0 Å². The molecule has 31 heavy (non-hydrogen) atoms. The van der Waals surface area contributed by atoms with Gasteiger partial charge in [-0.05, 0) is 13.0 Å². The second-order valence-corrected chi connectivity index (χ2v) is 4.19. The number of rotatable bonds is 7. The average molecular weight is 664 g/mol. The Morgan fingerprint density at radius 2 is 1.23 bits per heavy atom. The van der Waals surface area contributed by atoms with E-state index in [1.54, 1.807) is 20.8 Å². The summed E-state index contributed by atoms with van der Waals surface area (Å²) in [7, 11) is 0. The van der Waals surface area contributed by atoms with Crippen LogP contribution in [0.25, 0.3) is 0 Å². The molecule has 10 heteroatoms. The predicted molar refractivity (Wildman–Crippen MR) is 116 cm³/mol. The molecular formula is C21H39N3O4Y3-6. The molecule has 5 N–H and O–H groups in total. The van der Waals surface area contributed by atoms with Crippen LogP contribution in [0.5, 0.6) is 0 Å². The van der Waals surface area contributed by atoms with Crippen LogP contribution < -0.4 is 16.5 Å². The number of nitrogens with two attached hydrogens (primary N) is 1. The summed E-state index contributed by atoms with van der Waals surface area (Å²) in [5, 5.41) is 10.3. The van der Waals surface area contributed by atoms with E-state index in [4.69, 9.17) is 10.9 Å². The van der Waals surface area contributed by atoms with Gasteiger partial charge in [0, 0.05) is 105 Å². The zero-order valence-electron chi connectivity index (χ0n) is 19.5. The van der Waals surface area contributed by atoms with Crippen molar-refractivity contribution in [1.29, 1.82) is 0 Å². The molecule has 177 valence electrons. The second-order valence-electron chi connectivity index (χ2n) is 4.19. The molecule has 0 atom stereocenters. The van der Waals surface area contributed by atoms with E-state index < -0.39 is 0 Å². The molecule has 0 saturated carbocycles.